The average Bonchev–Trinajstić information content (AvgIpc) is 1.72. The molecule has 7 heavy (non-hydrogen) atoms. The molecular formula is C4H9NNiO. The molecule has 1 saturated heterocycles. The van der Waals surface area contributed by atoms with Crippen molar-refractivity contribution >= 4 is 0 Å². The maximum atomic E-state index is 5.01. The Morgan fingerprint density at radius 1 is 1.14 bits per heavy atom. The van der Waals surface area contributed by atoms with Crippen LogP contribution in [0.25, 0.3) is 0 Å². The van der Waals surface area contributed by atoms with Crippen molar-refractivity contribution in [1.29, 1.82) is 0 Å². The van der Waals surface area contributed by atoms with Crippen molar-refractivity contribution in [1.82, 2.24) is 5.32 Å². The maximum Gasteiger partial charge on any atom is 0.0591 e. The van der Waals surface area contributed by atoms with E-state index in [0.29, 0.717) is 0 Å². The first-order chi connectivity index (χ1) is 3.00. The summed E-state index contributed by atoms with van der Waals surface area (Å²) in [6.07, 6.45) is 0. The van der Waals surface area contributed by atoms with E-state index in [-0.39, 0.29) is 16.5 Å². The number of morpholine rings is 1. The molecule has 0 radical (unpaired) electrons. The molecule has 1 aliphatic rings. The van der Waals surface area contributed by atoms with Crippen LogP contribution in [0.1, 0.15) is 0 Å². The fourth-order valence-corrected chi connectivity index (χ4v) is 0.516. The minimum Gasteiger partial charge on any atom is -0.379 e. The zero-order valence-electron chi connectivity index (χ0n) is 4.05. The number of hydrogen-bond acceptors (Lipinski definition) is 2. The molecule has 0 aliphatic carbocycles. The molecule has 0 aromatic rings. The van der Waals surface area contributed by atoms with Crippen molar-refractivity contribution in [2.75, 3.05) is 26.3 Å². The van der Waals surface area contributed by atoms with Gasteiger partial charge < -0.3 is 10.1 Å². The van der Waals surface area contributed by atoms with Crippen molar-refractivity contribution in [3.8, 4) is 0 Å². The zero-order chi connectivity index (χ0) is 4.24. The summed E-state index contributed by atoms with van der Waals surface area (Å²) in [6, 6.07) is 0. The predicted molar refractivity (Wildman–Crippen MR) is 23.7 cm³/mol. The maximum absolute atomic E-state index is 5.01. The zero-order valence-corrected chi connectivity index (χ0v) is 5.04. The first kappa shape index (κ1) is 7.41. The van der Waals surface area contributed by atoms with Crippen LogP contribution in [0.15, 0.2) is 0 Å². The molecule has 0 unspecified atom stereocenters. The molecule has 0 atom stereocenters. The Hall–Kier alpha value is 0.414. The minimum atomic E-state index is 0. The van der Waals surface area contributed by atoms with E-state index in [0.717, 1.165) is 26.3 Å². The number of rotatable bonds is 0. The Morgan fingerprint density at radius 3 is 1.86 bits per heavy atom. The molecule has 3 heteroatoms. The third-order valence-corrected chi connectivity index (χ3v) is 0.846. The number of nitrogens with one attached hydrogen (secondary N) is 1. The van der Waals surface area contributed by atoms with Gasteiger partial charge in [0.15, 0.2) is 0 Å². The molecule has 2 nitrogen and oxygen atoms in total. The van der Waals surface area contributed by atoms with Crippen LogP contribution < -0.4 is 5.32 Å². The monoisotopic (exact) mass is 145 g/mol. The number of hydrogen-bond donors (Lipinski definition) is 1. The second-order valence-electron chi connectivity index (χ2n) is 1.36. The SMILES string of the molecule is C1COCCN1.[Ni]. The molecule has 0 saturated carbocycles. The van der Waals surface area contributed by atoms with Crippen LogP contribution in [0.2, 0.25) is 0 Å². The van der Waals surface area contributed by atoms with Crippen LogP contribution in [0, 0.1) is 0 Å². The topological polar surface area (TPSA) is 21.3 Å². The molecule has 1 rings (SSSR count). The third kappa shape index (κ3) is 3.04. The molecule has 0 bridgehead atoms. The molecule has 1 fully saturated rings. The largest absolute Gasteiger partial charge is 0.379 e. The quantitative estimate of drug-likeness (QED) is 0.469. The van der Waals surface area contributed by atoms with Crippen LogP contribution in [0.3, 0.4) is 0 Å². The molecule has 0 amide bonds. The fourth-order valence-electron chi connectivity index (χ4n) is 0.516. The molecule has 1 N–H and O–H groups in total. The summed E-state index contributed by atoms with van der Waals surface area (Å²) in [4.78, 5) is 0. The Balaban J connectivity index is 0.000000360. The second-order valence-corrected chi connectivity index (χ2v) is 1.36. The van der Waals surface area contributed by atoms with Crippen molar-refractivity contribution in [2.24, 2.45) is 0 Å². The van der Waals surface area contributed by atoms with Gasteiger partial charge in [-0.25, -0.2) is 0 Å². The van der Waals surface area contributed by atoms with Gasteiger partial charge in [0.25, 0.3) is 0 Å². The van der Waals surface area contributed by atoms with Gasteiger partial charge >= 0.3 is 0 Å². The van der Waals surface area contributed by atoms with Gasteiger partial charge in [-0.15, -0.1) is 0 Å². The predicted octanol–water partition coefficient (Wildman–Crippen LogP) is -0.396. The van der Waals surface area contributed by atoms with Gasteiger partial charge in [-0.3, -0.25) is 0 Å². The van der Waals surface area contributed by atoms with Crippen molar-refractivity contribution in [2.45, 2.75) is 0 Å². The molecule has 46 valence electrons. The summed E-state index contributed by atoms with van der Waals surface area (Å²) in [5.41, 5.74) is 0. The van der Waals surface area contributed by atoms with E-state index in [1.54, 1.807) is 0 Å². The van der Waals surface area contributed by atoms with E-state index < -0.39 is 0 Å². The standard InChI is InChI=1S/C4H9NO.Ni/c1-3-6-4-2-5-1;/h5H,1-4H2;. The van der Waals surface area contributed by atoms with Gasteiger partial charge in [0, 0.05) is 29.6 Å². The summed E-state index contributed by atoms with van der Waals surface area (Å²) in [5, 5.41) is 3.16. The fraction of sp³-hybridized carbons (Fsp3) is 1.00. The molecule has 0 aromatic carbocycles. The molecule has 0 spiro atoms. The van der Waals surface area contributed by atoms with E-state index in [2.05, 4.69) is 5.32 Å². The van der Waals surface area contributed by atoms with Gasteiger partial charge in [-0.2, -0.15) is 0 Å². The molecule has 1 heterocycles. The molecular weight excluding hydrogens is 137 g/mol. The molecule has 0 aromatic heterocycles. The van der Waals surface area contributed by atoms with E-state index in [1.807, 2.05) is 0 Å². The Kier molecular flexibility index (Phi) is 4.84. The Morgan fingerprint density at radius 2 is 1.71 bits per heavy atom. The van der Waals surface area contributed by atoms with Crippen LogP contribution in [-0.2, 0) is 21.2 Å². The van der Waals surface area contributed by atoms with Crippen molar-refractivity contribution < 1.29 is 21.2 Å². The first-order valence-corrected chi connectivity index (χ1v) is 2.28. The summed E-state index contributed by atoms with van der Waals surface area (Å²) in [6.45, 7) is 3.83. The van der Waals surface area contributed by atoms with Crippen molar-refractivity contribution in [3.63, 3.8) is 0 Å². The minimum absolute atomic E-state index is 0. The normalized spacial score (nSPS) is 20.6. The van der Waals surface area contributed by atoms with Crippen LogP contribution in [-0.4, -0.2) is 26.3 Å². The summed E-state index contributed by atoms with van der Waals surface area (Å²) < 4.78 is 5.01. The van der Waals surface area contributed by atoms with Gasteiger partial charge in [-0.05, 0) is 0 Å². The third-order valence-electron chi connectivity index (χ3n) is 0.846. The smallest absolute Gasteiger partial charge is 0.0591 e. The first-order valence-electron chi connectivity index (χ1n) is 2.28. The summed E-state index contributed by atoms with van der Waals surface area (Å²) >= 11 is 0. The van der Waals surface area contributed by atoms with E-state index >= 15 is 0 Å². The van der Waals surface area contributed by atoms with E-state index in [9.17, 15) is 0 Å². The van der Waals surface area contributed by atoms with Crippen LogP contribution >= 0.6 is 0 Å². The summed E-state index contributed by atoms with van der Waals surface area (Å²) in [5.74, 6) is 0. The van der Waals surface area contributed by atoms with Gasteiger partial charge in [-0.1, -0.05) is 0 Å². The summed E-state index contributed by atoms with van der Waals surface area (Å²) in [7, 11) is 0. The number of ether oxygens (including phenoxy) is 1. The van der Waals surface area contributed by atoms with Gasteiger partial charge in [0.05, 0.1) is 13.2 Å². The van der Waals surface area contributed by atoms with Crippen LogP contribution in [0.5, 0.6) is 0 Å². The van der Waals surface area contributed by atoms with Crippen molar-refractivity contribution in [3.05, 3.63) is 0 Å². The van der Waals surface area contributed by atoms with Crippen LogP contribution in [0.4, 0.5) is 0 Å². The van der Waals surface area contributed by atoms with E-state index in [1.165, 1.54) is 0 Å². The Labute approximate surface area is 53.5 Å². The molecule has 1 aliphatic heterocycles. The Bertz CT molecular complexity index is 27.2. The average molecular weight is 146 g/mol. The van der Waals surface area contributed by atoms with Gasteiger partial charge in [0.1, 0.15) is 0 Å². The van der Waals surface area contributed by atoms with E-state index in [4.69, 9.17) is 4.74 Å². The second kappa shape index (κ2) is 4.57. The van der Waals surface area contributed by atoms with Gasteiger partial charge in [0.2, 0.25) is 0 Å².